The Morgan fingerprint density at radius 3 is 2.60 bits per heavy atom. The van der Waals surface area contributed by atoms with Crippen molar-refractivity contribution in [1.29, 1.82) is 5.26 Å². The summed E-state index contributed by atoms with van der Waals surface area (Å²) in [5.74, 6) is -2.04. The molecule has 9 nitrogen and oxygen atoms in total. The smallest absolute Gasteiger partial charge is 0.292 e. The van der Waals surface area contributed by atoms with E-state index in [4.69, 9.17) is 10.2 Å². The fourth-order valence-electron chi connectivity index (χ4n) is 4.83. The second-order valence-corrected chi connectivity index (χ2v) is 9.59. The van der Waals surface area contributed by atoms with Gasteiger partial charge in [-0.05, 0) is 60.9 Å². The summed E-state index contributed by atoms with van der Waals surface area (Å²) in [6, 6.07) is 16.5. The van der Waals surface area contributed by atoms with Crippen molar-refractivity contribution in [3.8, 4) is 34.2 Å². The quantitative estimate of drug-likeness (QED) is 0.269. The maximum absolute atomic E-state index is 13.7. The Balaban J connectivity index is 1.58. The molecule has 1 saturated carbocycles. The number of benzene rings is 2. The average Bonchev–Trinajstić information content (AvgIpc) is 3.49. The first kappa shape index (κ1) is 26.6. The van der Waals surface area contributed by atoms with Crippen LogP contribution in [0.1, 0.15) is 52.2 Å². The molecule has 2 amide bonds. The molecule has 10 heteroatoms. The SMILES string of the molecule is N#Cc1c(-c2cccc(C(=O)N[C@@H]3CCCC[C@H]3N)c2)cc(-c2ccc(F)cc2O)nc1NC(=O)c1ccco1. The number of aromatic nitrogens is 1. The lowest BCUT2D eigenvalue weighted by molar-refractivity contribution is 0.0920. The number of hydrogen-bond donors (Lipinski definition) is 4. The lowest BCUT2D eigenvalue weighted by atomic mass is 9.90. The van der Waals surface area contributed by atoms with Crippen molar-refractivity contribution in [2.24, 2.45) is 5.73 Å². The van der Waals surface area contributed by atoms with E-state index >= 15 is 0 Å². The third-order valence-corrected chi connectivity index (χ3v) is 6.92. The van der Waals surface area contributed by atoms with Gasteiger partial charge in [-0.3, -0.25) is 9.59 Å². The summed E-state index contributed by atoms with van der Waals surface area (Å²) in [6.07, 6.45) is 5.01. The summed E-state index contributed by atoms with van der Waals surface area (Å²) in [4.78, 5) is 30.3. The molecule has 0 unspecified atom stereocenters. The third kappa shape index (κ3) is 5.55. The largest absolute Gasteiger partial charge is 0.507 e. The van der Waals surface area contributed by atoms with Gasteiger partial charge < -0.3 is 25.9 Å². The zero-order valence-electron chi connectivity index (χ0n) is 21.4. The molecule has 1 aliphatic carbocycles. The number of pyridine rings is 1. The molecular weight excluding hydrogens is 513 g/mol. The van der Waals surface area contributed by atoms with Crippen LogP contribution in [0.5, 0.6) is 5.75 Å². The molecule has 2 aromatic heterocycles. The number of carbonyl (C=O) groups excluding carboxylic acids is 2. The number of phenols is 1. The average molecular weight is 540 g/mol. The van der Waals surface area contributed by atoms with Crippen LogP contribution in [-0.4, -0.2) is 34.0 Å². The summed E-state index contributed by atoms with van der Waals surface area (Å²) in [5, 5.41) is 26.2. The second kappa shape index (κ2) is 11.4. The maximum atomic E-state index is 13.7. The first-order valence-corrected chi connectivity index (χ1v) is 12.8. The number of nitrogens with two attached hydrogens (primary N) is 1. The van der Waals surface area contributed by atoms with Crippen molar-refractivity contribution >= 4 is 17.6 Å². The lowest BCUT2D eigenvalue weighted by Crippen LogP contribution is -2.49. The van der Waals surface area contributed by atoms with Crippen molar-refractivity contribution in [3.05, 3.63) is 89.6 Å². The molecule has 5 rings (SSSR count). The number of carbonyl (C=O) groups is 2. The molecule has 40 heavy (non-hydrogen) atoms. The van der Waals surface area contributed by atoms with Gasteiger partial charge in [-0.2, -0.15) is 5.26 Å². The number of anilines is 1. The molecule has 2 heterocycles. The number of hydrogen-bond acceptors (Lipinski definition) is 7. The van der Waals surface area contributed by atoms with Crippen molar-refractivity contribution in [2.75, 3.05) is 5.32 Å². The standard InChI is InChI=1S/C30H26FN5O4/c31-19-10-11-20(26(37)14-19)25-15-21(22(16-32)28(34-25)36-30(39)27-9-4-12-40-27)17-5-3-6-18(13-17)29(38)35-24-8-2-1-7-23(24)33/h3-6,9-15,23-24,37H,1-2,7-8,33H2,(H,35,38)(H,34,36,39)/t23-,24-/m1/s1. The van der Waals surface area contributed by atoms with E-state index in [1.54, 1.807) is 36.4 Å². The number of rotatable bonds is 6. The van der Waals surface area contributed by atoms with Crippen LogP contribution in [0.2, 0.25) is 0 Å². The molecule has 0 bridgehead atoms. The molecule has 4 aromatic rings. The Labute approximate surface area is 229 Å². The summed E-state index contributed by atoms with van der Waals surface area (Å²) < 4.78 is 18.9. The monoisotopic (exact) mass is 539 g/mol. The highest BCUT2D eigenvalue weighted by Crippen LogP contribution is 2.36. The van der Waals surface area contributed by atoms with Gasteiger partial charge in [0.25, 0.3) is 11.8 Å². The van der Waals surface area contributed by atoms with Crippen molar-refractivity contribution in [2.45, 2.75) is 37.8 Å². The maximum Gasteiger partial charge on any atom is 0.292 e. The zero-order chi connectivity index (χ0) is 28.2. The molecule has 2 aromatic carbocycles. The van der Waals surface area contributed by atoms with Gasteiger partial charge >= 0.3 is 0 Å². The van der Waals surface area contributed by atoms with Gasteiger partial charge in [-0.15, -0.1) is 0 Å². The van der Waals surface area contributed by atoms with E-state index in [0.717, 1.165) is 37.8 Å². The van der Waals surface area contributed by atoms with E-state index in [1.807, 2.05) is 0 Å². The normalized spacial score (nSPS) is 16.6. The molecule has 202 valence electrons. The van der Waals surface area contributed by atoms with Crippen LogP contribution in [0.25, 0.3) is 22.4 Å². The Hall–Kier alpha value is -5.01. The number of amides is 2. The van der Waals surface area contributed by atoms with E-state index in [-0.39, 0.29) is 52.1 Å². The zero-order valence-corrected chi connectivity index (χ0v) is 21.4. The first-order valence-electron chi connectivity index (χ1n) is 12.8. The summed E-state index contributed by atoms with van der Waals surface area (Å²) in [7, 11) is 0. The predicted molar refractivity (Wildman–Crippen MR) is 146 cm³/mol. The van der Waals surface area contributed by atoms with Crippen molar-refractivity contribution in [1.82, 2.24) is 10.3 Å². The van der Waals surface area contributed by atoms with Crippen LogP contribution in [0.4, 0.5) is 10.2 Å². The molecule has 0 saturated heterocycles. The Bertz CT molecular complexity index is 1610. The topological polar surface area (TPSA) is 154 Å². The van der Waals surface area contributed by atoms with E-state index < -0.39 is 11.7 Å². The fourth-order valence-corrected chi connectivity index (χ4v) is 4.83. The number of nitrogens with one attached hydrogen (secondary N) is 2. The summed E-state index contributed by atoms with van der Waals surface area (Å²) >= 11 is 0. The van der Waals surface area contributed by atoms with E-state index in [0.29, 0.717) is 16.7 Å². The van der Waals surface area contributed by atoms with Crippen molar-refractivity contribution in [3.63, 3.8) is 0 Å². The summed E-state index contributed by atoms with van der Waals surface area (Å²) in [6.45, 7) is 0. The minimum Gasteiger partial charge on any atom is -0.507 e. The van der Waals surface area contributed by atoms with E-state index in [2.05, 4.69) is 21.7 Å². The molecule has 0 radical (unpaired) electrons. The molecule has 0 aliphatic heterocycles. The molecule has 1 aliphatic rings. The van der Waals surface area contributed by atoms with Gasteiger partial charge in [0.1, 0.15) is 23.2 Å². The highest BCUT2D eigenvalue weighted by Gasteiger charge is 2.25. The van der Waals surface area contributed by atoms with Gasteiger partial charge in [0.05, 0.1) is 12.0 Å². The van der Waals surface area contributed by atoms with E-state index in [1.165, 1.54) is 18.4 Å². The fraction of sp³-hybridized carbons (Fsp3) is 0.200. The van der Waals surface area contributed by atoms with Crippen LogP contribution in [0.3, 0.4) is 0 Å². The number of halogens is 1. The van der Waals surface area contributed by atoms with Crippen LogP contribution < -0.4 is 16.4 Å². The highest BCUT2D eigenvalue weighted by molar-refractivity contribution is 6.03. The van der Waals surface area contributed by atoms with Crippen LogP contribution >= 0.6 is 0 Å². The number of nitriles is 1. The third-order valence-electron chi connectivity index (χ3n) is 6.92. The molecule has 0 spiro atoms. The van der Waals surface area contributed by atoms with Gasteiger partial charge in [-0.25, -0.2) is 9.37 Å². The summed E-state index contributed by atoms with van der Waals surface area (Å²) in [5.41, 5.74) is 7.79. The van der Waals surface area contributed by atoms with Gasteiger partial charge in [-0.1, -0.05) is 25.0 Å². The van der Waals surface area contributed by atoms with Crippen LogP contribution in [0, 0.1) is 17.1 Å². The Kier molecular flexibility index (Phi) is 7.57. The minimum atomic E-state index is -0.641. The van der Waals surface area contributed by atoms with Gasteiger partial charge in [0, 0.05) is 34.8 Å². The number of furan rings is 1. The number of aromatic hydroxyl groups is 1. The predicted octanol–water partition coefficient (Wildman–Crippen LogP) is 4.98. The van der Waals surface area contributed by atoms with Crippen LogP contribution in [0.15, 0.2) is 71.3 Å². The van der Waals surface area contributed by atoms with Gasteiger partial charge in [0.2, 0.25) is 0 Å². The Morgan fingerprint density at radius 2 is 1.88 bits per heavy atom. The molecule has 5 N–H and O–H groups in total. The van der Waals surface area contributed by atoms with Gasteiger partial charge in [0.15, 0.2) is 11.6 Å². The Morgan fingerprint density at radius 1 is 1.05 bits per heavy atom. The van der Waals surface area contributed by atoms with Crippen LogP contribution in [-0.2, 0) is 0 Å². The second-order valence-electron chi connectivity index (χ2n) is 9.59. The number of phenolic OH excluding ortho intramolecular Hbond substituents is 1. The molecule has 1 fully saturated rings. The van der Waals surface area contributed by atoms with E-state index in [9.17, 15) is 24.3 Å². The lowest BCUT2D eigenvalue weighted by Gasteiger charge is -2.29. The highest BCUT2D eigenvalue weighted by atomic mass is 19.1. The first-order chi connectivity index (χ1) is 19.3. The molecule has 2 atom stereocenters. The number of nitrogens with zero attached hydrogens (tertiary/aromatic N) is 2. The minimum absolute atomic E-state index is 0.00172. The van der Waals surface area contributed by atoms with Crippen molar-refractivity contribution < 1.29 is 23.5 Å². The molecular formula is C30H26FN5O4.